The Balaban J connectivity index is 2.47. The zero-order valence-electron chi connectivity index (χ0n) is 10.5. The SMILES string of the molecule is [Si]c1cc([Si])c2ccc3c([Si])cc([Si])c4ccc1c2c43. The molecule has 0 fully saturated rings. The van der Waals surface area contributed by atoms with Crippen LogP contribution in [0.1, 0.15) is 0 Å². The molecule has 0 aromatic heterocycles. The van der Waals surface area contributed by atoms with Crippen molar-refractivity contribution in [2.24, 2.45) is 0 Å². The zero-order chi connectivity index (χ0) is 14.0. The van der Waals surface area contributed by atoms with Crippen LogP contribution >= 0.6 is 0 Å². The Kier molecular flexibility index (Phi) is 2.59. The Hall–Kier alpha value is -1.21. The topological polar surface area (TPSA) is 0 Å². The van der Waals surface area contributed by atoms with Gasteiger partial charge in [0.05, 0.1) is 41.0 Å². The number of rotatable bonds is 0. The molecule has 4 aromatic rings. The third-order valence-corrected chi connectivity index (χ3v) is 5.55. The highest BCUT2D eigenvalue weighted by atomic mass is 28.2. The van der Waals surface area contributed by atoms with Crippen LogP contribution in [0.15, 0.2) is 36.4 Å². The first-order valence-electron chi connectivity index (χ1n) is 6.23. The predicted molar refractivity (Wildman–Crippen MR) is 91.7 cm³/mol. The lowest BCUT2D eigenvalue weighted by Crippen LogP contribution is -2.19. The van der Waals surface area contributed by atoms with Gasteiger partial charge in [-0.3, -0.25) is 0 Å². The van der Waals surface area contributed by atoms with E-state index >= 15 is 0 Å². The lowest BCUT2D eigenvalue weighted by Gasteiger charge is -2.17. The summed E-state index contributed by atoms with van der Waals surface area (Å²) in [5, 5.41) is 11.9. The van der Waals surface area contributed by atoms with Gasteiger partial charge in [0, 0.05) is 0 Å². The smallest absolute Gasteiger partial charge is 0.0642 e. The molecule has 0 bridgehead atoms. The molecule has 4 aromatic carbocycles. The van der Waals surface area contributed by atoms with E-state index in [0.29, 0.717) is 0 Å². The van der Waals surface area contributed by atoms with Crippen LogP contribution in [0.25, 0.3) is 32.3 Å². The Morgan fingerprint density at radius 3 is 0.950 bits per heavy atom. The van der Waals surface area contributed by atoms with Gasteiger partial charge in [0.1, 0.15) is 0 Å². The molecule has 0 aliphatic carbocycles. The largest absolute Gasteiger partial charge is 0.0720 e. The molecule has 0 nitrogen and oxygen atoms in total. The van der Waals surface area contributed by atoms with Crippen molar-refractivity contribution < 1.29 is 0 Å². The third-order valence-electron chi connectivity index (χ3n) is 3.90. The van der Waals surface area contributed by atoms with Crippen LogP contribution in [0.2, 0.25) is 0 Å². The molecule has 20 heavy (non-hydrogen) atoms. The first-order valence-corrected chi connectivity index (χ1v) is 8.23. The van der Waals surface area contributed by atoms with Crippen LogP contribution in [-0.4, -0.2) is 41.0 Å². The van der Waals surface area contributed by atoms with Gasteiger partial charge in [-0.25, -0.2) is 0 Å². The standard InChI is InChI=1S/C16H6Si4/c17-11-5-13(19)9-3-4-10-14(20)6-12(18)8-2-1-7(11)15(9)16(8)10/h1-6H. The van der Waals surface area contributed by atoms with Crippen LogP contribution in [0.3, 0.4) is 0 Å². The third kappa shape index (κ3) is 1.50. The molecule has 0 N–H and O–H groups in total. The van der Waals surface area contributed by atoms with Crippen LogP contribution in [0.4, 0.5) is 0 Å². The molecule has 0 heterocycles. The highest BCUT2D eigenvalue weighted by Gasteiger charge is 2.13. The van der Waals surface area contributed by atoms with Crippen LogP contribution in [-0.2, 0) is 0 Å². The molecule has 86 valence electrons. The Morgan fingerprint density at radius 2 is 0.700 bits per heavy atom. The maximum absolute atomic E-state index is 3.73. The summed E-state index contributed by atoms with van der Waals surface area (Å²) in [5.74, 6) is 0. The Labute approximate surface area is 130 Å². The van der Waals surface area contributed by atoms with E-state index < -0.39 is 0 Å². The average molecular weight is 311 g/mol. The quantitative estimate of drug-likeness (QED) is 0.311. The average Bonchev–Trinajstić information content (AvgIpc) is 2.42. The van der Waals surface area contributed by atoms with Crippen molar-refractivity contribution in [2.45, 2.75) is 0 Å². The Bertz CT molecular complexity index is 835. The monoisotopic (exact) mass is 310 g/mol. The van der Waals surface area contributed by atoms with E-state index in [1.54, 1.807) is 0 Å². The summed E-state index contributed by atoms with van der Waals surface area (Å²) in [4.78, 5) is 0. The minimum Gasteiger partial charge on any atom is -0.0642 e. The van der Waals surface area contributed by atoms with Crippen molar-refractivity contribution >= 4 is 94.0 Å². The minimum atomic E-state index is 1.10. The minimum absolute atomic E-state index is 1.10. The summed E-state index contributed by atoms with van der Waals surface area (Å²) in [6, 6.07) is 12.9. The normalized spacial score (nSPS) is 12.0. The maximum Gasteiger partial charge on any atom is 0.0720 e. The Morgan fingerprint density at radius 1 is 0.450 bits per heavy atom. The second-order valence-corrected chi connectivity index (χ2v) is 7.17. The lowest BCUT2D eigenvalue weighted by molar-refractivity contribution is 1.87. The van der Waals surface area contributed by atoms with E-state index in [2.05, 4.69) is 77.4 Å². The predicted octanol–water partition coefficient (Wildman–Crippen LogP) is -0.241. The number of hydrogen-bond donors (Lipinski definition) is 0. The fourth-order valence-electron chi connectivity index (χ4n) is 2.99. The molecule has 0 spiro atoms. The van der Waals surface area contributed by atoms with Crippen molar-refractivity contribution in [3.63, 3.8) is 0 Å². The molecule has 0 unspecified atom stereocenters. The van der Waals surface area contributed by atoms with E-state index in [9.17, 15) is 0 Å². The summed E-state index contributed by atoms with van der Waals surface area (Å²) >= 11 is 0. The molecule has 0 saturated carbocycles. The molecule has 0 atom stereocenters. The van der Waals surface area contributed by atoms with Crippen molar-refractivity contribution in [2.75, 3.05) is 0 Å². The number of hydrogen-bond acceptors (Lipinski definition) is 0. The zero-order valence-corrected chi connectivity index (χ0v) is 14.5. The highest BCUT2D eigenvalue weighted by molar-refractivity contribution is 6.53. The van der Waals surface area contributed by atoms with Crippen molar-refractivity contribution in [3.8, 4) is 0 Å². The summed E-state index contributed by atoms with van der Waals surface area (Å²) in [5.41, 5.74) is 0. The van der Waals surface area contributed by atoms with Gasteiger partial charge in [0.15, 0.2) is 0 Å². The van der Waals surface area contributed by atoms with E-state index in [1.807, 2.05) is 0 Å². The van der Waals surface area contributed by atoms with E-state index in [-0.39, 0.29) is 0 Å². The van der Waals surface area contributed by atoms with Crippen molar-refractivity contribution in [1.82, 2.24) is 0 Å². The van der Waals surface area contributed by atoms with Gasteiger partial charge in [-0.2, -0.15) is 0 Å². The fraction of sp³-hybridized carbons (Fsp3) is 0. The van der Waals surface area contributed by atoms with Crippen LogP contribution in [0, 0.1) is 0 Å². The molecule has 0 aliphatic heterocycles. The van der Waals surface area contributed by atoms with Gasteiger partial charge in [0.25, 0.3) is 0 Å². The molecule has 0 amide bonds. The van der Waals surface area contributed by atoms with Gasteiger partial charge < -0.3 is 0 Å². The van der Waals surface area contributed by atoms with E-state index in [1.165, 1.54) is 32.3 Å². The van der Waals surface area contributed by atoms with E-state index in [0.717, 1.165) is 20.7 Å². The first-order chi connectivity index (χ1) is 9.58. The summed E-state index contributed by atoms with van der Waals surface area (Å²) in [6.45, 7) is 0. The van der Waals surface area contributed by atoms with Gasteiger partial charge in [-0.1, -0.05) is 57.1 Å². The highest BCUT2D eigenvalue weighted by Crippen LogP contribution is 2.30. The van der Waals surface area contributed by atoms with Crippen molar-refractivity contribution in [3.05, 3.63) is 36.4 Å². The van der Waals surface area contributed by atoms with Gasteiger partial charge in [0.2, 0.25) is 0 Å². The molecule has 0 aliphatic rings. The second-order valence-electron chi connectivity index (χ2n) is 5.01. The van der Waals surface area contributed by atoms with Gasteiger partial charge in [-0.05, 0) is 32.3 Å². The lowest BCUT2D eigenvalue weighted by atomic mass is 9.94. The summed E-state index contributed by atoms with van der Waals surface area (Å²) < 4.78 is 0. The van der Waals surface area contributed by atoms with Crippen LogP contribution < -0.4 is 20.7 Å². The molecular formula is C16H6Si4. The second kappa shape index (κ2) is 4.14. The summed E-state index contributed by atoms with van der Waals surface area (Å²) in [6.07, 6.45) is 0. The molecule has 12 radical (unpaired) electrons. The van der Waals surface area contributed by atoms with E-state index in [4.69, 9.17) is 0 Å². The fourth-order valence-corrected chi connectivity index (χ4v) is 4.69. The van der Waals surface area contributed by atoms with Gasteiger partial charge >= 0.3 is 0 Å². The summed E-state index contributed by atoms with van der Waals surface area (Å²) in [7, 11) is 14.9. The maximum atomic E-state index is 3.73. The first kappa shape index (κ1) is 12.5. The molecule has 4 heteroatoms. The van der Waals surface area contributed by atoms with Gasteiger partial charge in [-0.15, -0.1) is 0 Å². The van der Waals surface area contributed by atoms with Crippen molar-refractivity contribution in [1.29, 1.82) is 0 Å². The molecule has 4 rings (SSSR count). The number of benzene rings is 4. The van der Waals surface area contributed by atoms with Crippen LogP contribution in [0.5, 0.6) is 0 Å². The molecular weight excluding hydrogens is 305 g/mol. The molecule has 0 saturated heterocycles.